The van der Waals surface area contributed by atoms with Crippen molar-refractivity contribution in [1.82, 2.24) is 20.0 Å². The molecular weight excluding hydrogens is 414 g/mol. The maximum atomic E-state index is 6.57. The van der Waals surface area contributed by atoms with Gasteiger partial charge in [-0.2, -0.15) is 4.98 Å². The van der Waals surface area contributed by atoms with E-state index in [0.29, 0.717) is 30.2 Å². The maximum absolute atomic E-state index is 6.57. The lowest BCUT2D eigenvalue weighted by Gasteiger charge is -2.33. The van der Waals surface area contributed by atoms with E-state index in [1.807, 2.05) is 0 Å². The average Bonchev–Trinajstić information content (AvgIpc) is 3.35. The van der Waals surface area contributed by atoms with Crippen LogP contribution in [0.2, 0.25) is 0 Å². The molecule has 1 aliphatic heterocycles. The van der Waals surface area contributed by atoms with Crippen LogP contribution in [0.15, 0.2) is 17.0 Å². The van der Waals surface area contributed by atoms with E-state index in [2.05, 4.69) is 43.3 Å². The van der Waals surface area contributed by atoms with Gasteiger partial charge in [0, 0.05) is 17.3 Å². The van der Waals surface area contributed by atoms with E-state index in [1.165, 1.54) is 16.7 Å². The summed E-state index contributed by atoms with van der Waals surface area (Å²) < 4.78 is 17.5. The molecule has 0 bridgehead atoms. The third kappa shape index (κ3) is 4.26. The fourth-order valence-electron chi connectivity index (χ4n) is 4.49. The zero-order valence-corrected chi connectivity index (χ0v) is 19.3. The maximum Gasteiger partial charge on any atom is 0.232 e. The predicted molar refractivity (Wildman–Crippen MR) is 120 cm³/mol. The number of aromatic nitrogens is 3. The van der Waals surface area contributed by atoms with Crippen LogP contribution in [-0.2, 0) is 17.8 Å². The first-order chi connectivity index (χ1) is 14.9. The first kappa shape index (κ1) is 20.7. The van der Waals surface area contributed by atoms with Crippen molar-refractivity contribution >= 4 is 33.2 Å². The number of ether oxygens (including phenoxy) is 2. The summed E-state index contributed by atoms with van der Waals surface area (Å²) in [6, 6.07) is 0.628. The Morgan fingerprint density at radius 2 is 2.00 bits per heavy atom. The molecule has 1 fully saturated rings. The van der Waals surface area contributed by atoms with Crippen LogP contribution >= 0.6 is 11.3 Å². The van der Waals surface area contributed by atoms with Gasteiger partial charge in [0.15, 0.2) is 0 Å². The minimum atomic E-state index is -0.207. The van der Waals surface area contributed by atoms with Crippen LogP contribution in [0.3, 0.4) is 0 Å². The zero-order valence-electron chi connectivity index (χ0n) is 18.5. The number of nitrogens with zero attached hydrogens (tertiary/aromatic N) is 4. The van der Waals surface area contributed by atoms with E-state index in [-0.39, 0.29) is 11.7 Å². The number of hydrogen-bond donors (Lipinski definition) is 1. The van der Waals surface area contributed by atoms with Crippen LogP contribution in [-0.4, -0.2) is 51.9 Å². The Bertz CT molecular complexity index is 1050. The first-order valence-corrected chi connectivity index (χ1v) is 11.7. The number of nitrogens with one attached hydrogen (secondary N) is 1. The molecule has 9 heteroatoms. The summed E-state index contributed by atoms with van der Waals surface area (Å²) in [6.07, 6.45) is 8.47. The van der Waals surface area contributed by atoms with Crippen molar-refractivity contribution in [1.29, 1.82) is 0 Å². The van der Waals surface area contributed by atoms with Crippen molar-refractivity contribution in [3.8, 4) is 5.88 Å². The predicted octanol–water partition coefficient (Wildman–Crippen LogP) is 4.53. The molecule has 8 nitrogen and oxygen atoms in total. The number of rotatable bonds is 5. The third-order valence-electron chi connectivity index (χ3n) is 6.24. The van der Waals surface area contributed by atoms with Gasteiger partial charge in [0.05, 0.1) is 23.8 Å². The summed E-state index contributed by atoms with van der Waals surface area (Å²) in [5.41, 5.74) is 1.77. The second-order valence-electron chi connectivity index (χ2n) is 9.31. The van der Waals surface area contributed by atoms with Gasteiger partial charge >= 0.3 is 0 Å². The van der Waals surface area contributed by atoms with Crippen molar-refractivity contribution in [3.63, 3.8) is 0 Å². The Morgan fingerprint density at radius 1 is 1.19 bits per heavy atom. The van der Waals surface area contributed by atoms with Gasteiger partial charge in [-0.15, -0.1) is 11.3 Å². The minimum Gasteiger partial charge on any atom is -0.474 e. The Kier molecular flexibility index (Phi) is 5.35. The number of fused-ring (bicyclic) bond motifs is 3. The topological polar surface area (TPSA) is 85.5 Å². The molecule has 1 N–H and O–H groups in total. The van der Waals surface area contributed by atoms with Gasteiger partial charge in [0.25, 0.3) is 0 Å². The molecule has 3 aromatic rings. The normalized spacial score (nSPS) is 23.1. The second-order valence-corrected chi connectivity index (χ2v) is 10.4. The summed E-state index contributed by atoms with van der Waals surface area (Å²) in [7, 11) is 4.31. The molecule has 0 saturated heterocycles. The van der Waals surface area contributed by atoms with Crippen LogP contribution < -0.4 is 10.1 Å². The summed E-state index contributed by atoms with van der Waals surface area (Å²) in [4.78, 5) is 14.0. The number of thiophene rings is 1. The Hall–Kier alpha value is -2.23. The molecule has 2 aliphatic rings. The lowest BCUT2D eigenvalue weighted by molar-refractivity contribution is -0.0379. The van der Waals surface area contributed by atoms with Crippen LogP contribution in [0.1, 0.15) is 50.0 Å². The van der Waals surface area contributed by atoms with Gasteiger partial charge in [0.2, 0.25) is 11.8 Å². The highest BCUT2D eigenvalue weighted by Crippen LogP contribution is 2.43. The van der Waals surface area contributed by atoms with Crippen LogP contribution in [0.25, 0.3) is 10.2 Å². The van der Waals surface area contributed by atoms with Crippen LogP contribution in [0.4, 0.5) is 11.6 Å². The highest BCUT2D eigenvalue weighted by atomic mass is 32.1. The molecule has 0 aromatic carbocycles. The molecule has 0 unspecified atom stereocenters. The van der Waals surface area contributed by atoms with Gasteiger partial charge in [0.1, 0.15) is 22.9 Å². The van der Waals surface area contributed by atoms with Crippen LogP contribution in [0, 0.1) is 0 Å². The largest absolute Gasteiger partial charge is 0.474 e. The number of hydrogen-bond acceptors (Lipinski definition) is 9. The van der Waals surface area contributed by atoms with E-state index in [0.717, 1.165) is 42.3 Å². The summed E-state index contributed by atoms with van der Waals surface area (Å²) in [5, 5.41) is 7.97. The molecule has 31 heavy (non-hydrogen) atoms. The van der Waals surface area contributed by atoms with E-state index in [9.17, 15) is 0 Å². The van der Waals surface area contributed by atoms with E-state index < -0.39 is 0 Å². The molecule has 0 atom stereocenters. The van der Waals surface area contributed by atoms with Gasteiger partial charge in [-0.05, 0) is 59.2 Å². The second kappa shape index (κ2) is 8.03. The summed E-state index contributed by atoms with van der Waals surface area (Å²) in [5.74, 6) is 1.17. The molecule has 1 saturated carbocycles. The average molecular weight is 444 g/mol. The summed E-state index contributed by atoms with van der Waals surface area (Å²) >= 11 is 1.67. The highest BCUT2D eigenvalue weighted by molar-refractivity contribution is 7.18. The van der Waals surface area contributed by atoms with Crippen molar-refractivity contribution in [2.24, 2.45) is 0 Å². The molecule has 0 amide bonds. The van der Waals surface area contributed by atoms with E-state index >= 15 is 0 Å². The SMILES string of the molecule is CN(C)C1CCC(Oc2nc(Nc3cnoc3)nc3sc4c(c23)CC(C)(C)OC4)CC1. The molecule has 4 heterocycles. The molecule has 0 radical (unpaired) electrons. The molecule has 3 aromatic heterocycles. The zero-order chi connectivity index (χ0) is 21.6. The smallest absolute Gasteiger partial charge is 0.232 e. The third-order valence-corrected chi connectivity index (χ3v) is 7.34. The molecule has 0 spiro atoms. The van der Waals surface area contributed by atoms with Gasteiger partial charge in [-0.3, -0.25) is 0 Å². The number of anilines is 2. The highest BCUT2D eigenvalue weighted by Gasteiger charge is 2.32. The molecular formula is C22H29N5O3S. The fraction of sp³-hybridized carbons (Fsp3) is 0.591. The fourth-order valence-corrected chi connectivity index (χ4v) is 5.58. The van der Waals surface area contributed by atoms with Crippen molar-refractivity contribution < 1.29 is 14.0 Å². The van der Waals surface area contributed by atoms with Crippen molar-refractivity contribution in [2.75, 3.05) is 19.4 Å². The Balaban J connectivity index is 1.50. The van der Waals surface area contributed by atoms with Gasteiger partial charge in [-0.25, -0.2) is 4.98 Å². The molecule has 166 valence electrons. The monoisotopic (exact) mass is 443 g/mol. The van der Waals surface area contributed by atoms with Crippen molar-refractivity contribution in [3.05, 3.63) is 22.9 Å². The quantitative estimate of drug-likeness (QED) is 0.616. The summed E-state index contributed by atoms with van der Waals surface area (Å²) in [6.45, 7) is 4.86. The lowest BCUT2D eigenvalue weighted by Crippen LogP contribution is -2.35. The van der Waals surface area contributed by atoms with E-state index in [1.54, 1.807) is 17.5 Å². The Morgan fingerprint density at radius 3 is 2.71 bits per heavy atom. The van der Waals surface area contributed by atoms with Crippen LogP contribution in [0.5, 0.6) is 5.88 Å². The van der Waals surface area contributed by atoms with Crippen molar-refractivity contribution in [2.45, 2.75) is 70.3 Å². The lowest BCUT2D eigenvalue weighted by atomic mass is 9.92. The first-order valence-electron chi connectivity index (χ1n) is 10.8. The molecule has 1 aliphatic carbocycles. The van der Waals surface area contributed by atoms with Gasteiger partial charge < -0.3 is 24.2 Å². The standard InChI is InChI=1S/C22H29N5O3S/c1-22(2)9-16-17(12-28-22)31-20-18(16)19(25-21(26-20)24-13-10-23-29-11-13)30-15-7-5-14(6-8-15)27(3)4/h10-11,14-15H,5-9,12H2,1-4H3,(H,24,25,26). The van der Waals surface area contributed by atoms with E-state index in [4.69, 9.17) is 24.0 Å². The minimum absolute atomic E-state index is 0.168. The molecule has 5 rings (SSSR count). The van der Waals surface area contributed by atoms with Gasteiger partial charge in [-0.1, -0.05) is 5.16 Å². The Labute approximate surface area is 185 Å².